The van der Waals surface area contributed by atoms with Crippen LogP contribution in [0, 0.1) is 0 Å². The standard InChI is InChI=1S/C20H23NO3/c22-15-20(13-16-6-2-1-3-7-16)10-5-11-21(20)14-17-8-4-9-18(12-17)19(23)24/h1-4,6-9,12,22H,5,10-11,13-15H2,(H,23,24). The highest BCUT2D eigenvalue weighted by Crippen LogP contribution is 2.34. The predicted octanol–water partition coefficient (Wildman–Crippen LogP) is 2.95. The van der Waals surface area contributed by atoms with Crippen LogP contribution in [0.3, 0.4) is 0 Å². The van der Waals surface area contributed by atoms with Crippen molar-refractivity contribution in [1.82, 2.24) is 4.90 Å². The summed E-state index contributed by atoms with van der Waals surface area (Å²) in [7, 11) is 0. The number of aliphatic hydroxyl groups excluding tert-OH is 1. The van der Waals surface area contributed by atoms with E-state index < -0.39 is 5.97 Å². The maximum absolute atomic E-state index is 11.2. The first kappa shape index (κ1) is 16.7. The van der Waals surface area contributed by atoms with Crippen molar-refractivity contribution in [1.29, 1.82) is 0 Å². The Kier molecular flexibility index (Phi) is 4.97. The van der Waals surface area contributed by atoms with Crippen LogP contribution >= 0.6 is 0 Å². The van der Waals surface area contributed by atoms with Crippen LogP contribution in [0.2, 0.25) is 0 Å². The van der Waals surface area contributed by atoms with Gasteiger partial charge in [0.2, 0.25) is 0 Å². The van der Waals surface area contributed by atoms with E-state index in [0.29, 0.717) is 12.1 Å². The van der Waals surface area contributed by atoms with Crippen molar-refractivity contribution in [2.75, 3.05) is 13.2 Å². The number of carboxylic acids is 1. The van der Waals surface area contributed by atoms with Gasteiger partial charge in [0.05, 0.1) is 12.2 Å². The second-order valence-corrected chi connectivity index (χ2v) is 6.58. The van der Waals surface area contributed by atoms with Gasteiger partial charge in [-0.3, -0.25) is 4.90 Å². The summed E-state index contributed by atoms with van der Waals surface area (Å²) < 4.78 is 0. The molecule has 1 unspecified atom stereocenters. The molecule has 0 radical (unpaired) electrons. The molecule has 0 aromatic heterocycles. The summed E-state index contributed by atoms with van der Waals surface area (Å²) in [4.78, 5) is 13.5. The lowest BCUT2D eigenvalue weighted by Gasteiger charge is -2.37. The molecular weight excluding hydrogens is 302 g/mol. The fraction of sp³-hybridized carbons (Fsp3) is 0.350. The number of likely N-dealkylation sites (tertiary alicyclic amines) is 1. The lowest BCUT2D eigenvalue weighted by atomic mass is 9.88. The maximum atomic E-state index is 11.2. The Balaban J connectivity index is 1.81. The number of hydrogen-bond acceptors (Lipinski definition) is 3. The van der Waals surface area contributed by atoms with Gasteiger partial charge in [-0.25, -0.2) is 4.79 Å². The largest absolute Gasteiger partial charge is 0.478 e. The van der Waals surface area contributed by atoms with E-state index >= 15 is 0 Å². The average molecular weight is 325 g/mol. The number of carbonyl (C=O) groups is 1. The smallest absolute Gasteiger partial charge is 0.335 e. The molecule has 2 N–H and O–H groups in total. The van der Waals surface area contributed by atoms with Crippen LogP contribution in [0.15, 0.2) is 54.6 Å². The fourth-order valence-electron chi connectivity index (χ4n) is 3.68. The molecule has 0 aliphatic carbocycles. The lowest BCUT2D eigenvalue weighted by molar-refractivity contribution is 0.0580. The summed E-state index contributed by atoms with van der Waals surface area (Å²) in [6, 6.07) is 17.3. The van der Waals surface area contributed by atoms with Crippen molar-refractivity contribution in [2.24, 2.45) is 0 Å². The summed E-state index contributed by atoms with van der Waals surface area (Å²) in [6.07, 6.45) is 2.81. The Labute approximate surface area is 142 Å². The zero-order valence-corrected chi connectivity index (χ0v) is 13.7. The number of nitrogens with zero attached hydrogens (tertiary/aromatic N) is 1. The van der Waals surface area contributed by atoms with E-state index in [2.05, 4.69) is 17.0 Å². The van der Waals surface area contributed by atoms with Gasteiger partial charge in [-0.05, 0) is 49.1 Å². The highest BCUT2D eigenvalue weighted by molar-refractivity contribution is 5.87. The monoisotopic (exact) mass is 325 g/mol. The second kappa shape index (κ2) is 7.16. The number of rotatable bonds is 6. The van der Waals surface area contributed by atoms with Crippen molar-refractivity contribution in [2.45, 2.75) is 31.3 Å². The quantitative estimate of drug-likeness (QED) is 0.857. The van der Waals surface area contributed by atoms with Crippen molar-refractivity contribution < 1.29 is 15.0 Å². The molecule has 0 spiro atoms. The predicted molar refractivity (Wildman–Crippen MR) is 93.0 cm³/mol. The van der Waals surface area contributed by atoms with Gasteiger partial charge in [0.1, 0.15) is 0 Å². The molecule has 0 bridgehead atoms. The van der Waals surface area contributed by atoms with E-state index in [1.807, 2.05) is 24.3 Å². The number of aliphatic hydroxyl groups is 1. The third-order valence-corrected chi connectivity index (χ3v) is 4.96. The molecule has 2 aromatic rings. The van der Waals surface area contributed by atoms with E-state index in [-0.39, 0.29) is 12.1 Å². The van der Waals surface area contributed by atoms with E-state index in [4.69, 9.17) is 5.11 Å². The van der Waals surface area contributed by atoms with Crippen molar-refractivity contribution in [3.8, 4) is 0 Å². The Morgan fingerprint density at radius 3 is 2.54 bits per heavy atom. The number of aromatic carboxylic acids is 1. The summed E-state index contributed by atoms with van der Waals surface area (Å²) >= 11 is 0. The summed E-state index contributed by atoms with van der Waals surface area (Å²) in [6.45, 7) is 1.69. The molecule has 1 atom stereocenters. The minimum atomic E-state index is -0.907. The van der Waals surface area contributed by atoms with Gasteiger partial charge >= 0.3 is 5.97 Å². The topological polar surface area (TPSA) is 60.8 Å². The molecule has 1 fully saturated rings. The van der Waals surface area contributed by atoms with Gasteiger partial charge < -0.3 is 10.2 Å². The first-order chi connectivity index (χ1) is 11.6. The zero-order chi connectivity index (χ0) is 17.0. The van der Waals surface area contributed by atoms with Crippen LogP contribution < -0.4 is 0 Å². The van der Waals surface area contributed by atoms with Gasteiger partial charge in [0, 0.05) is 12.1 Å². The molecule has 1 aliphatic heterocycles. The zero-order valence-electron chi connectivity index (χ0n) is 13.7. The first-order valence-corrected chi connectivity index (χ1v) is 8.35. The SMILES string of the molecule is O=C(O)c1cccc(CN2CCCC2(CO)Cc2ccccc2)c1. The summed E-state index contributed by atoms with van der Waals surface area (Å²) in [5, 5.41) is 19.3. The van der Waals surface area contributed by atoms with E-state index in [9.17, 15) is 9.90 Å². The Bertz CT molecular complexity index is 701. The van der Waals surface area contributed by atoms with Crippen molar-refractivity contribution in [3.05, 3.63) is 71.3 Å². The van der Waals surface area contributed by atoms with Crippen LogP contribution in [0.5, 0.6) is 0 Å². The van der Waals surface area contributed by atoms with Gasteiger partial charge in [-0.15, -0.1) is 0 Å². The van der Waals surface area contributed by atoms with Crippen molar-refractivity contribution >= 4 is 5.97 Å². The van der Waals surface area contributed by atoms with Crippen LogP contribution in [0.25, 0.3) is 0 Å². The summed E-state index contributed by atoms with van der Waals surface area (Å²) in [5.74, 6) is -0.907. The van der Waals surface area contributed by atoms with Gasteiger partial charge in [0.15, 0.2) is 0 Å². The minimum Gasteiger partial charge on any atom is -0.478 e. The Hall–Kier alpha value is -2.17. The highest BCUT2D eigenvalue weighted by Gasteiger charge is 2.40. The minimum absolute atomic E-state index is 0.112. The molecule has 3 rings (SSSR count). The molecule has 1 aliphatic rings. The van der Waals surface area contributed by atoms with E-state index in [1.54, 1.807) is 18.2 Å². The molecule has 126 valence electrons. The number of benzene rings is 2. The van der Waals surface area contributed by atoms with Crippen LogP contribution in [0.4, 0.5) is 0 Å². The third-order valence-electron chi connectivity index (χ3n) is 4.96. The van der Waals surface area contributed by atoms with Crippen molar-refractivity contribution in [3.63, 3.8) is 0 Å². The first-order valence-electron chi connectivity index (χ1n) is 8.35. The van der Waals surface area contributed by atoms with Gasteiger partial charge in [-0.1, -0.05) is 42.5 Å². The Morgan fingerprint density at radius 1 is 1.08 bits per heavy atom. The lowest BCUT2D eigenvalue weighted by Crippen LogP contribution is -2.48. The normalized spacial score (nSPS) is 21.0. The van der Waals surface area contributed by atoms with E-state index in [0.717, 1.165) is 31.4 Å². The molecule has 4 nitrogen and oxygen atoms in total. The molecule has 4 heteroatoms. The molecule has 24 heavy (non-hydrogen) atoms. The fourth-order valence-corrected chi connectivity index (χ4v) is 3.68. The molecule has 1 saturated heterocycles. The van der Waals surface area contributed by atoms with Crippen LogP contribution in [0.1, 0.15) is 34.3 Å². The number of hydrogen-bond donors (Lipinski definition) is 2. The molecule has 0 saturated carbocycles. The molecule has 0 amide bonds. The van der Waals surface area contributed by atoms with E-state index in [1.165, 1.54) is 5.56 Å². The van der Waals surface area contributed by atoms with Gasteiger partial charge in [0.25, 0.3) is 0 Å². The molecule has 1 heterocycles. The van der Waals surface area contributed by atoms with Crippen LogP contribution in [-0.2, 0) is 13.0 Å². The van der Waals surface area contributed by atoms with Crippen LogP contribution in [-0.4, -0.2) is 39.8 Å². The summed E-state index contributed by atoms with van der Waals surface area (Å²) in [5.41, 5.74) is 2.24. The molecule has 2 aromatic carbocycles. The maximum Gasteiger partial charge on any atom is 0.335 e. The average Bonchev–Trinajstić information content (AvgIpc) is 2.99. The molecular formula is C20H23NO3. The third kappa shape index (κ3) is 3.50. The second-order valence-electron chi connectivity index (χ2n) is 6.58. The van der Waals surface area contributed by atoms with Gasteiger partial charge in [-0.2, -0.15) is 0 Å². The highest BCUT2D eigenvalue weighted by atomic mass is 16.4. The Morgan fingerprint density at radius 2 is 1.83 bits per heavy atom. The number of carboxylic acid groups (broad SMARTS) is 1.